The van der Waals surface area contributed by atoms with E-state index in [0.29, 0.717) is 55.1 Å². The number of phenolic OH excluding ortho intramolecular Hbond substituents is 1. The minimum Gasteiger partial charge on any atom is -0.507 e. The Morgan fingerprint density at radius 1 is 1.26 bits per heavy atom. The van der Waals surface area contributed by atoms with Crippen molar-refractivity contribution in [2.75, 3.05) is 45.9 Å². The smallest absolute Gasteiger partial charge is 0.331 e. The van der Waals surface area contributed by atoms with Crippen LogP contribution in [0.5, 0.6) is 11.5 Å². The lowest BCUT2D eigenvalue weighted by Crippen LogP contribution is -2.22. The van der Waals surface area contributed by atoms with Gasteiger partial charge >= 0.3 is 5.97 Å². The first kappa shape index (κ1) is 21.5. The molecule has 1 aliphatic rings. The van der Waals surface area contributed by atoms with Crippen LogP contribution in [0.15, 0.2) is 23.2 Å². The molecule has 0 bridgehead atoms. The van der Waals surface area contributed by atoms with Gasteiger partial charge in [0.2, 0.25) is 0 Å². The maximum atomic E-state index is 12.0. The van der Waals surface area contributed by atoms with Gasteiger partial charge in [-0.2, -0.15) is 0 Å². The average Bonchev–Trinajstić information content (AvgIpc) is 3.15. The van der Waals surface area contributed by atoms with Gasteiger partial charge in [0, 0.05) is 24.5 Å². The molecule has 1 unspecified atom stereocenters. The number of esters is 1. The van der Waals surface area contributed by atoms with Crippen LogP contribution in [0, 0.1) is 0 Å². The van der Waals surface area contributed by atoms with E-state index in [2.05, 4.69) is 4.99 Å². The lowest BCUT2D eigenvalue weighted by molar-refractivity contribution is -0.144. The van der Waals surface area contributed by atoms with Crippen molar-refractivity contribution >= 4 is 22.8 Å². The summed E-state index contributed by atoms with van der Waals surface area (Å²) in [7, 11) is 1.62. The average molecular weight is 397 g/mol. The summed E-state index contributed by atoms with van der Waals surface area (Å²) >= 11 is 1.44. The summed E-state index contributed by atoms with van der Waals surface area (Å²) in [6, 6.07) is 4.54. The quantitative estimate of drug-likeness (QED) is 0.428. The lowest BCUT2D eigenvalue weighted by atomic mass is 10.2. The van der Waals surface area contributed by atoms with Crippen molar-refractivity contribution < 1.29 is 28.8 Å². The Kier molecular flexibility index (Phi) is 9.44. The van der Waals surface area contributed by atoms with Crippen LogP contribution < -0.4 is 4.74 Å². The van der Waals surface area contributed by atoms with E-state index in [0.717, 1.165) is 12.8 Å². The molecular weight excluding hydrogens is 370 g/mol. The second-order valence-electron chi connectivity index (χ2n) is 5.91. The van der Waals surface area contributed by atoms with Crippen LogP contribution >= 0.6 is 11.8 Å². The minimum absolute atomic E-state index is 0.0686. The molecule has 1 N–H and O–H groups in total. The lowest BCUT2D eigenvalue weighted by Gasteiger charge is -2.09. The van der Waals surface area contributed by atoms with Crippen LogP contribution in [0.2, 0.25) is 0 Å². The second-order valence-corrected chi connectivity index (χ2v) is 6.92. The van der Waals surface area contributed by atoms with Crippen molar-refractivity contribution in [3.8, 4) is 11.5 Å². The monoisotopic (exact) mass is 397 g/mol. The Morgan fingerprint density at radius 3 is 2.81 bits per heavy atom. The summed E-state index contributed by atoms with van der Waals surface area (Å²) in [5, 5.41) is 10.9. The Bertz CT molecular complexity index is 637. The third-order valence-corrected chi connectivity index (χ3v) is 4.87. The Labute approximate surface area is 164 Å². The first-order chi connectivity index (χ1) is 13.2. The minimum atomic E-state index is -0.513. The van der Waals surface area contributed by atoms with Gasteiger partial charge in [0.25, 0.3) is 0 Å². The molecular formula is C19H27NO6S. The van der Waals surface area contributed by atoms with Crippen molar-refractivity contribution in [2.24, 2.45) is 4.99 Å². The number of benzene rings is 1. The number of ether oxygens (including phenoxy) is 4. The van der Waals surface area contributed by atoms with E-state index in [4.69, 9.17) is 18.9 Å². The number of carbonyl (C=O) groups is 1. The van der Waals surface area contributed by atoms with Crippen molar-refractivity contribution in [3.63, 3.8) is 0 Å². The number of unbranched alkanes of at least 4 members (excludes halogenated alkanes) is 1. The fraction of sp³-hybridized carbons (Fsp3) is 0.579. The van der Waals surface area contributed by atoms with Gasteiger partial charge in [-0.3, -0.25) is 4.99 Å². The summed E-state index contributed by atoms with van der Waals surface area (Å²) in [6.45, 7) is 4.35. The van der Waals surface area contributed by atoms with Crippen LogP contribution in [-0.4, -0.2) is 68.1 Å². The highest BCUT2D eigenvalue weighted by atomic mass is 32.2. The Hall–Kier alpha value is -1.77. The number of nitrogens with zero attached hydrogens (tertiary/aromatic N) is 1. The molecule has 27 heavy (non-hydrogen) atoms. The summed E-state index contributed by atoms with van der Waals surface area (Å²) < 4.78 is 21.0. The van der Waals surface area contributed by atoms with Gasteiger partial charge in [0.15, 0.2) is 6.04 Å². The van der Waals surface area contributed by atoms with Crippen molar-refractivity contribution in [3.05, 3.63) is 23.8 Å². The molecule has 1 aliphatic heterocycles. The molecule has 1 atom stereocenters. The molecule has 0 aromatic heterocycles. The molecule has 1 heterocycles. The fourth-order valence-electron chi connectivity index (χ4n) is 2.30. The molecule has 0 amide bonds. The SMILES string of the molecule is CCCCOC(=O)C1CSC(c2ccc(OCCOCCOC)cc2O)=N1. The maximum Gasteiger partial charge on any atom is 0.331 e. The second kappa shape index (κ2) is 11.8. The highest BCUT2D eigenvalue weighted by Gasteiger charge is 2.28. The summed E-state index contributed by atoms with van der Waals surface area (Å²) in [5.41, 5.74) is 0.590. The van der Waals surface area contributed by atoms with Gasteiger partial charge in [-0.25, -0.2) is 4.79 Å². The number of aliphatic imine (C=N–C) groups is 1. The van der Waals surface area contributed by atoms with Crippen molar-refractivity contribution in [1.82, 2.24) is 0 Å². The van der Waals surface area contributed by atoms with E-state index in [1.54, 1.807) is 25.3 Å². The number of hydrogen-bond acceptors (Lipinski definition) is 8. The topological polar surface area (TPSA) is 86.6 Å². The van der Waals surface area contributed by atoms with Crippen LogP contribution in [0.25, 0.3) is 0 Å². The fourth-order valence-corrected chi connectivity index (χ4v) is 3.36. The number of hydrogen-bond donors (Lipinski definition) is 1. The molecule has 0 radical (unpaired) electrons. The third kappa shape index (κ3) is 7.04. The molecule has 1 aromatic rings. The first-order valence-electron chi connectivity index (χ1n) is 9.05. The van der Waals surface area contributed by atoms with Crippen LogP contribution in [0.3, 0.4) is 0 Å². The normalized spacial score (nSPS) is 16.2. The Morgan fingerprint density at radius 2 is 2.07 bits per heavy atom. The number of aromatic hydroxyl groups is 1. The predicted molar refractivity (Wildman–Crippen MR) is 105 cm³/mol. The number of thioether (sulfide) groups is 1. The maximum absolute atomic E-state index is 12.0. The van der Waals surface area contributed by atoms with E-state index in [9.17, 15) is 9.90 Å². The zero-order chi connectivity index (χ0) is 19.5. The van der Waals surface area contributed by atoms with Crippen LogP contribution in [0.4, 0.5) is 0 Å². The molecule has 0 saturated carbocycles. The molecule has 0 aliphatic carbocycles. The van der Waals surface area contributed by atoms with Gasteiger partial charge in [-0.05, 0) is 18.6 Å². The Balaban J connectivity index is 1.86. The van der Waals surface area contributed by atoms with Crippen molar-refractivity contribution in [1.29, 1.82) is 0 Å². The summed E-state index contributed by atoms with van der Waals surface area (Å²) in [4.78, 5) is 16.4. The van der Waals surface area contributed by atoms with E-state index in [-0.39, 0.29) is 11.7 Å². The van der Waals surface area contributed by atoms with Gasteiger partial charge in [-0.1, -0.05) is 13.3 Å². The molecule has 0 spiro atoms. The van der Waals surface area contributed by atoms with Crippen LogP contribution in [-0.2, 0) is 19.0 Å². The van der Waals surface area contributed by atoms with Crippen LogP contribution in [0.1, 0.15) is 25.3 Å². The largest absolute Gasteiger partial charge is 0.507 e. The van der Waals surface area contributed by atoms with Gasteiger partial charge in [0.05, 0.1) is 26.4 Å². The van der Waals surface area contributed by atoms with Gasteiger partial charge in [-0.15, -0.1) is 11.8 Å². The highest BCUT2D eigenvalue weighted by Crippen LogP contribution is 2.31. The molecule has 8 heteroatoms. The summed E-state index contributed by atoms with van der Waals surface area (Å²) in [6.07, 6.45) is 1.82. The molecule has 1 aromatic carbocycles. The van der Waals surface area contributed by atoms with Crippen molar-refractivity contribution in [2.45, 2.75) is 25.8 Å². The summed E-state index contributed by atoms with van der Waals surface area (Å²) in [5.74, 6) is 0.834. The first-order valence-corrected chi connectivity index (χ1v) is 10.0. The van der Waals surface area contributed by atoms with Gasteiger partial charge in [0.1, 0.15) is 23.1 Å². The van der Waals surface area contributed by atoms with E-state index < -0.39 is 6.04 Å². The molecule has 2 rings (SSSR count). The van der Waals surface area contributed by atoms with E-state index >= 15 is 0 Å². The highest BCUT2D eigenvalue weighted by molar-refractivity contribution is 8.14. The van der Waals surface area contributed by atoms with E-state index in [1.807, 2.05) is 6.92 Å². The molecule has 0 saturated heterocycles. The predicted octanol–water partition coefficient (Wildman–Crippen LogP) is 2.64. The zero-order valence-electron chi connectivity index (χ0n) is 15.8. The standard InChI is InChI=1S/C19H27NO6S/c1-3-4-7-26-19(22)16-13-27-18(20-16)15-6-5-14(12-17(15)21)25-11-10-24-9-8-23-2/h5-6,12,16,21H,3-4,7-11,13H2,1-2H3. The number of rotatable bonds is 12. The number of phenols is 1. The van der Waals surface area contributed by atoms with Gasteiger partial charge < -0.3 is 24.1 Å². The third-order valence-electron chi connectivity index (χ3n) is 3.79. The zero-order valence-corrected chi connectivity index (χ0v) is 16.6. The molecule has 7 nitrogen and oxygen atoms in total. The molecule has 0 fully saturated rings. The van der Waals surface area contributed by atoms with E-state index in [1.165, 1.54) is 11.8 Å². The number of methoxy groups -OCH3 is 1. The number of carbonyl (C=O) groups excluding carboxylic acids is 1. The molecule has 150 valence electrons.